The van der Waals surface area contributed by atoms with Gasteiger partial charge in [0.2, 0.25) is 0 Å². The molecule has 0 aliphatic heterocycles. The second-order valence-electron chi connectivity index (χ2n) is 7.68. The maximum Gasteiger partial charge on any atom is 0.412 e. The Morgan fingerprint density at radius 3 is 2.46 bits per heavy atom. The molecule has 8 nitrogen and oxygen atoms in total. The lowest BCUT2D eigenvalue weighted by molar-refractivity contribution is 0.0597. The molecule has 0 fully saturated rings. The van der Waals surface area contributed by atoms with Crippen molar-refractivity contribution >= 4 is 18.0 Å². The van der Waals surface area contributed by atoms with Gasteiger partial charge in [-0.25, -0.2) is 14.0 Å². The summed E-state index contributed by atoms with van der Waals surface area (Å²) in [7, 11) is 2.77. The zero-order valence-electron chi connectivity index (χ0n) is 19.7. The summed E-state index contributed by atoms with van der Waals surface area (Å²) in [5.41, 5.74) is 3.05. The SMILES string of the molecule is CNC(=O)c1ccc(Cc2ccc(CCNC(=O)Oc3ccccc3C(=O)OC)c(F)c2C)cn1. The second-order valence-corrected chi connectivity index (χ2v) is 7.68. The van der Waals surface area contributed by atoms with Crippen molar-refractivity contribution in [3.8, 4) is 5.75 Å². The smallest absolute Gasteiger partial charge is 0.412 e. The molecule has 2 amide bonds. The van der Waals surface area contributed by atoms with Gasteiger partial charge >= 0.3 is 12.1 Å². The lowest BCUT2D eigenvalue weighted by Crippen LogP contribution is -2.29. The molecule has 0 bridgehead atoms. The summed E-state index contributed by atoms with van der Waals surface area (Å²) in [6.45, 7) is 1.84. The minimum absolute atomic E-state index is 0.0704. The highest BCUT2D eigenvalue weighted by Gasteiger charge is 2.16. The van der Waals surface area contributed by atoms with Crippen LogP contribution in [0.25, 0.3) is 0 Å². The van der Waals surface area contributed by atoms with Crippen molar-refractivity contribution < 1.29 is 28.2 Å². The number of pyridine rings is 1. The van der Waals surface area contributed by atoms with E-state index in [1.165, 1.54) is 26.3 Å². The molecular formula is C26H26FN3O5. The first-order valence-corrected chi connectivity index (χ1v) is 10.9. The van der Waals surface area contributed by atoms with Gasteiger partial charge < -0.3 is 20.1 Å². The van der Waals surface area contributed by atoms with E-state index in [4.69, 9.17) is 4.74 Å². The van der Waals surface area contributed by atoms with E-state index in [0.29, 0.717) is 23.2 Å². The number of nitrogens with one attached hydrogen (secondary N) is 2. The van der Waals surface area contributed by atoms with Crippen molar-refractivity contribution in [2.24, 2.45) is 0 Å². The zero-order chi connectivity index (χ0) is 25.4. The van der Waals surface area contributed by atoms with Crippen LogP contribution < -0.4 is 15.4 Å². The van der Waals surface area contributed by atoms with E-state index in [-0.39, 0.29) is 36.0 Å². The quantitative estimate of drug-likeness (QED) is 0.478. The van der Waals surface area contributed by atoms with Crippen molar-refractivity contribution in [1.29, 1.82) is 0 Å². The third-order valence-corrected chi connectivity index (χ3v) is 5.42. The first kappa shape index (κ1) is 25.4. The van der Waals surface area contributed by atoms with Crippen LogP contribution in [0.1, 0.15) is 43.1 Å². The van der Waals surface area contributed by atoms with E-state index in [2.05, 4.69) is 20.4 Å². The van der Waals surface area contributed by atoms with Gasteiger partial charge in [0.25, 0.3) is 5.91 Å². The molecule has 1 heterocycles. The number of hydrogen-bond acceptors (Lipinski definition) is 6. The molecule has 2 aromatic carbocycles. The molecule has 0 aliphatic rings. The summed E-state index contributed by atoms with van der Waals surface area (Å²) < 4.78 is 24.8. The Hall–Kier alpha value is -4.27. The normalized spacial score (nSPS) is 10.4. The number of nitrogens with zero attached hydrogens (tertiary/aromatic N) is 1. The number of carbonyl (C=O) groups is 3. The number of halogens is 1. The van der Waals surface area contributed by atoms with Crippen molar-refractivity contribution in [1.82, 2.24) is 15.6 Å². The number of amides is 2. The average Bonchev–Trinajstić information content (AvgIpc) is 2.88. The van der Waals surface area contributed by atoms with E-state index in [0.717, 1.165) is 11.1 Å². The molecule has 35 heavy (non-hydrogen) atoms. The molecule has 0 saturated carbocycles. The molecule has 0 spiro atoms. The Balaban J connectivity index is 1.58. The molecule has 3 rings (SSSR count). The number of benzene rings is 2. The molecule has 0 radical (unpaired) electrons. The largest absolute Gasteiger partial charge is 0.465 e. The Morgan fingerprint density at radius 2 is 1.77 bits per heavy atom. The number of hydrogen-bond donors (Lipinski definition) is 2. The first-order valence-electron chi connectivity index (χ1n) is 10.9. The standard InChI is InChI=1S/C26H26FN3O5/c1-16-19(14-17-8-11-21(30-15-17)24(31)28-2)10-9-18(23(16)27)12-13-29-26(33)35-22-7-5-4-6-20(22)25(32)34-3/h4-11,15H,12-14H2,1-3H3,(H,28,31)(H,29,33). The van der Waals surface area contributed by atoms with Gasteiger partial charge in [-0.05, 0) is 60.2 Å². The molecule has 2 N–H and O–H groups in total. The monoisotopic (exact) mass is 479 g/mol. The lowest BCUT2D eigenvalue weighted by atomic mass is 9.97. The zero-order valence-corrected chi connectivity index (χ0v) is 19.7. The highest BCUT2D eigenvalue weighted by atomic mass is 19.1. The van der Waals surface area contributed by atoms with Crippen LogP contribution in [-0.4, -0.2) is 43.7 Å². The number of esters is 1. The molecule has 1 aromatic heterocycles. The van der Waals surface area contributed by atoms with Gasteiger partial charge in [-0.15, -0.1) is 0 Å². The van der Waals surface area contributed by atoms with Gasteiger partial charge in [0, 0.05) is 19.8 Å². The van der Waals surface area contributed by atoms with E-state index in [9.17, 15) is 18.8 Å². The van der Waals surface area contributed by atoms with E-state index in [1.54, 1.807) is 43.5 Å². The Labute approximate surface area is 202 Å². The number of aromatic nitrogens is 1. The van der Waals surface area contributed by atoms with Gasteiger partial charge in [0.15, 0.2) is 0 Å². The second kappa shape index (κ2) is 11.7. The van der Waals surface area contributed by atoms with Crippen LogP contribution in [0.5, 0.6) is 5.75 Å². The summed E-state index contributed by atoms with van der Waals surface area (Å²) in [5.74, 6) is -1.16. The van der Waals surface area contributed by atoms with E-state index >= 15 is 0 Å². The average molecular weight is 480 g/mol. The van der Waals surface area contributed by atoms with Crippen LogP contribution in [0.3, 0.4) is 0 Å². The van der Waals surface area contributed by atoms with Crippen molar-refractivity contribution in [2.75, 3.05) is 20.7 Å². The first-order chi connectivity index (χ1) is 16.8. The highest BCUT2D eigenvalue weighted by molar-refractivity contribution is 5.93. The summed E-state index contributed by atoms with van der Waals surface area (Å²) in [6.07, 6.45) is 1.56. The summed E-state index contributed by atoms with van der Waals surface area (Å²) in [4.78, 5) is 39.7. The highest BCUT2D eigenvalue weighted by Crippen LogP contribution is 2.21. The fourth-order valence-electron chi connectivity index (χ4n) is 3.45. The van der Waals surface area contributed by atoms with Crippen LogP contribution in [0.15, 0.2) is 54.7 Å². The molecule has 0 unspecified atom stereocenters. The summed E-state index contributed by atoms with van der Waals surface area (Å²) >= 11 is 0. The van der Waals surface area contributed by atoms with Crippen molar-refractivity contribution in [2.45, 2.75) is 19.8 Å². The van der Waals surface area contributed by atoms with Gasteiger partial charge in [-0.1, -0.05) is 30.3 Å². The molecule has 0 atom stereocenters. The van der Waals surface area contributed by atoms with Gasteiger partial charge in [-0.3, -0.25) is 9.78 Å². The molecule has 9 heteroatoms. The van der Waals surface area contributed by atoms with Crippen LogP contribution in [-0.2, 0) is 17.6 Å². The van der Waals surface area contributed by atoms with E-state index < -0.39 is 12.1 Å². The lowest BCUT2D eigenvalue weighted by Gasteiger charge is -2.12. The Morgan fingerprint density at radius 1 is 1.03 bits per heavy atom. The number of carbonyl (C=O) groups excluding carboxylic acids is 3. The summed E-state index contributed by atoms with van der Waals surface area (Å²) in [6, 6.07) is 13.2. The van der Waals surface area contributed by atoms with Crippen molar-refractivity contribution in [3.05, 3.63) is 94.1 Å². The van der Waals surface area contributed by atoms with Gasteiger partial charge in [0.1, 0.15) is 22.8 Å². The predicted octanol–water partition coefficient (Wildman–Crippen LogP) is 3.60. The van der Waals surface area contributed by atoms with Crippen LogP contribution in [0.4, 0.5) is 9.18 Å². The fourth-order valence-corrected chi connectivity index (χ4v) is 3.45. The van der Waals surface area contributed by atoms with E-state index in [1.807, 2.05) is 6.07 Å². The minimum atomic E-state index is -0.761. The maximum atomic E-state index is 15.0. The van der Waals surface area contributed by atoms with Crippen molar-refractivity contribution in [3.63, 3.8) is 0 Å². The molecule has 0 aliphatic carbocycles. The fraction of sp³-hybridized carbons (Fsp3) is 0.231. The third kappa shape index (κ3) is 6.41. The Bertz CT molecular complexity index is 1230. The number of para-hydroxylation sites is 1. The number of ether oxygens (including phenoxy) is 2. The van der Waals surface area contributed by atoms with Crippen LogP contribution >= 0.6 is 0 Å². The number of methoxy groups -OCH3 is 1. The molecular weight excluding hydrogens is 453 g/mol. The number of rotatable bonds is 8. The molecule has 182 valence electrons. The van der Waals surface area contributed by atoms with Gasteiger partial charge in [0.05, 0.1) is 7.11 Å². The third-order valence-electron chi connectivity index (χ3n) is 5.42. The van der Waals surface area contributed by atoms with Gasteiger partial charge in [-0.2, -0.15) is 0 Å². The predicted molar refractivity (Wildman–Crippen MR) is 127 cm³/mol. The molecule has 0 saturated heterocycles. The Kier molecular flexibility index (Phi) is 8.50. The topological polar surface area (TPSA) is 107 Å². The maximum absolute atomic E-state index is 15.0. The summed E-state index contributed by atoms with van der Waals surface area (Å²) in [5, 5.41) is 5.08. The van der Waals surface area contributed by atoms with Crippen LogP contribution in [0, 0.1) is 12.7 Å². The minimum Gasteiger partial charge on any atom is -0.465 e. The molecule has 3 aromatic rings. The van der Waals surface area contributed by atoms with Crippen LogP contribution in [0.2, 0.25) is 0 Å².